The molecule has 25 heavy (non-hydrogen) atoms. The summed E-state index contributed by atoms with van der Waals surface area (Å²) in [5.74, 6) is 0.205. The van der Waals surface area contributed by atoms with Gasteiger partial charge in [-0.2, -0.15) is 15.3 Å². The SMILES string of the molecule is Cn1cc(-c2ccc3nnc(CC(=O)[C@@H]4CCCCN4)cc3c2)cn1. The van der Waals surface area contributed by atoms with E-state index in [2.05, 4.69) is 26.7 Å². The average Bonchev–Trinajstić information content (AvgIpc) is 3.08. The summed E-state index contributed by atoms with van der Waals surface area (Å²) in [5.41, 5.74) is 3.71. The first-order chi connectivity index (χ1) is 12.2. The number of benzene rings is 1. The monoisotopic (exact) mass is 335 g/mol. The minimum absolute atomic E-state index is 0.0343. The highest BCUT2D eigenvalue weighted by molar-refractivity contribution is 5.88. The van der Waals surface area contributed by atoms with Gasteiger partial charge in [0.25, 0.3) is 0 Å². The second kappa shape index (κ2) is 6.72. The van der Waals surface area contributed by atoms with Crippen LogP contribution < -0.4 is 5.32 Å². The minimum Gasteiger partial charge on any atom is -0.307 e. The Balaban J connectivity index is 1.59. The molecule has 1 aliphatic heterocycles. The highest BCUT2D eigenvalue weighted by atomic mass is 16.1. The van der Waals surface area contributed by atoms with Gasteiger partial charge in [-0.1, -0.05) is 12.5 Å². The molecule has 128 valence electrons. The van der Waals surface area contributed by atoms with Crippen molar-refractivity contribution in [2.75, 3.05) is 6.54 Å². The van der Waals surface area contributed by atoms with E-state index in [1.807, 2.05) is 37.6 Å². The van der Waals surface area contributed by atoms with Crippen molar-refractivity contribution < 1.29 is 4.79 Å². The Morgan fingerprint density at radius 3 is 2.92 bits per heavy atom. The maximum Gasteiger partial charge on any atom is 0.155 e. The first-order valence-electron chi connectivity index (χ1n) is 8.70. The van der Waals surface area contributed by atoms with Crippen LogP contribution in [0.3, 0.4) is 0 Å². The standard InChI is InChI=1S/C19H21N5O/c1-24-12-15(11-21-24)13-5-6-17-14(8-13)9-16(22-23-17)10-19(25)18-4-2-3-7-20-18/h5-6,8-9,11-12,18,20H,2-4,7,10H2,1H3/t18-/m0/s1. The number of aryl methyl sites for hydroxylation is 1. The zero-order valence-corrected chi connectivity index (χ0v) is 14.3. The Hall–Kier alpha value is -2.60. The third-order valence-corrected chi connectivity index (χ3v) is 4.73. The van der Waals surface area contributed by atoms with Crippen molar-refractivity contribution in [3.05, 3.63) is 42.4 Å². The lowest BCUT2D eigenvalue weighted by Crippen LogP contribution is -2.41. The van der Waals surface area contributed by atoms with E-state index < -0.39 is 0 Å². The number of hydrogen-bond donors (Lipinski definition) is 1. The molecule has 4 rings (SSSR count). The highest BCUT2D eigenvalue weighted by Crippen LogP contribution is 2.23. The predicted molar refractivity (Wildman–Crippen MR) is 96.1 cm³/mol. The predicted octanol–water partition coefficient (Wildman–Crippen LogP) is 2.28. The summed E-state index contributed by atoms with van der Waals surface area (Å²) in [7, 11) is 1.90. The van der Waals surface area contributed by atoms with E-state index in [1.54, 1.807) is 4.68 Å². The van der Waals surface area contributed by atoms with E-state index in [1.165, 1.54) is 0 Å². The van der Waals surface area contributed by atoms with Crippen molar-refractivity contribution in [2.24, 2.45) is 7.05 Å². The van der Waals surface area contributed by atoms with Crippen LogP contribution in [-0.4, -0.2) is 38.3 Å². The number of nitrogens with one attached hydrogen (secondary N) is 1. The number of rotatable bonds is 4. The second-order valence-electron chi connectivity index (χ2n) is 6.66. The van der Waals surface area contributed by atoms with Crippen LogP contribution >= 0.6 is 0 Å². The molecule has 6 heteroatoms. The molecule has 1 N–H and O–H groups in total. The van der Waals surface area contributed by atoms with Crippen LogP contribution in [0.5, 0.6) is 0 Å². The van der Waals surface area contributed by atoms with Crippen molar-refractivity contribution in [1.29, 1.82) is 0 Å². The summed E-state index contributed by atoms with van der Waals surface area (Å²) in [6.45, 7) is 0.925. The van der Waals surface area contributed by atoms with Gasteiger partial charge >= 0.3 is 0 Å². The molecule has 1 aromatic carbocycles. The summed E-state index contributed by atoms with van der Waals surface area (Å²) in [5, 5.41) is 17.0. The zero-order valence-electron chi connectivity index (χ0n) is 14.3. The van der Waals surface area contributed by atoms with Crippen LogP contribution in [-0.2, 0) is 18.3 Å². The molecule has 1 aliphatic rings. The van der Waals surface area contributed by atoms with Crippen LogP contribution in [0.15, 0.2) is 36.7 Å². The molecule has 0 amide bonds. The number of fused-ring (bicyclic) bond motifs is 1. The molecule has 0 bridgehead atoms. The number of ketones is 1. The fourth-order valence-electron chi connectivity index (χ4n) is 3.35. The molecule has 1 atom stereocenters. The molecule has 0 spiro atoms. The Kier molecular flexibility index (Phi) is 4.28. The van der Waals surface area contributed by atoms with E-state index in [0.717, 1.165) is 53.5 Å². The number of nitrogens with zero attached hydrogens (tertiary/aromatic N) is 4. The van der Waals surface area contributed by atoms with Crippen LogP contribution in [0.2, 0.25) is 0 Å². The number of carbonyl (C=O) groups is 1. The van der Waals surface area contributed by atoms with Gasteiger partial charge < -0.3 is 5.32 Å². The van der Waals surface area contributed by atoms with Gasteiger partial charge in [0.2, 0.25) is 0 Å². The van der Waals surface area contributed by atoms with E-state index in [4.69, 9.17) is 0 Å². The normalized spacial score (nSPS) is 17.7. The van der Waals surface area contributed by atoms with E-state index in [9.17, 15) is 4.79 Å². The number of Topliss-reactive ketones (excluding diaryl/α,β-unsaturated/α-hetero) is 1. The summed E-state index contributed by atoms with van der Waals surface area (Å²) in [6.07, 6.45) is 7.34. The van der Waals surface area contributed by atoms with Crippen molar-refractivity contribution in [3.63, 3.8) is 0 Å². The maximum atomic E-state index is 12.5. The highest BCUT2D eigenvalue weighted by Gasteiger charge is 2.21. The summed E-state index contributed by atoms with van der Waals surface area (Å²) >= 11 is 0. The van der Waals surface area contributed by atoms with E-state index >= 15 is 0 Å². The lowest BCUT2D eigenvalue weighted by Gasteiger charge is -2.21. The van der Waals surface area contributed by atoms with Crippen molar-refractivity contribution in [2.45, 2.75) is 31.7 Å². The quantitative estimate of drug-likeness (QED) is 0.792. The van der Waals surface area contributed by atoms with Gasteiger partial charge in [-0.25, -0.2) is 0 Å². The van der Waals surface area contributed by atoms with Crippen molar-refractivity contribution >= 4 is 16.7 Å². The zero-order chi connectivity index (χ0) is 17.2. The molecular weight excluding hydrogens is 314 g/mol. The topological polar surface area (TPSA) is 72.7 Å². The Morgan fingerprint density at radius 1 is 1.24 bits per heavy atom. The molecule has 3 heterocycles. The van der Waals surface area contributed by atoms with Gasteiger partial charge in [-0.15, -0.1) is 0 Å². The van der Waals surface area contributed by atoms with E-state index in [0.29, 0.717) is 6.42 Å². The minimum atomic E-state index is -0.0343. The van der Waals surface area contributed by atoms with Crippen LogP contribution in [0.4, 0.5) is 0 Å². The molecule has 0 unspecified atom stereocenters. The Morgan fingerprint density at radius 2 is 2.16 bits per heavy atom. The molecule has 6 nitrogen and oxygen atoms in total. The first-order valence-corrected chi connectivity index (χ1v) is 8.70. The van der Waals surface area contributed by atoms with Crippen molar-refractivity contribution in [3.8, 4) is 11.1 Å². The van der Waals surface area contributed by atoms with Gasteiger partial charge in [-0.3, -0.25) is 9.48 Å². The molecule has 2 aromatic heterocycles. The fourth-order valence-corrected chi connectivity index (χ4v) is 3.35. The molecule has 0 saturated carbocycles. The smallest absolute Gasteiger partial charge is 0.155 e. The van der Waals surface area contributed by atoms with Crippen molar-refractivity contribution in [1.82, 2.24) is 25.3 Å². The lowest BCUT2D eigenvalue weighted by atomic mass is 9.98. The third-order valence-electron chi connectivity index (χ3n) is 4.73. The molecule has 3 aromatic rings. The second-order valence-corrected chi connectivity index (χ2v) is 6.66. The molecule has 0 aliphatic carbocycles. The first kappa shape index (κ1) is 15.9. The van der Waals surface area contributed by atoms with Gasteiger partial charge in [0.1, 0.15) is 0 Å². The van der Waals surface area contributed by atoms with Gasteiger partial charge in [0.15, 0.2) is 5.78 Å². The van der Waals surface area contributed by atoms with Crippen LogP contribution in [0.25, 0.3) is 22.0 Å². The lowest BCUT2D eigenvalue weighted by molar-refractivity contribution is -0.121. The number of aromatic nitrogens is 4. The van der Waals surface area contributed by atoms with Gasteiger partial charge in [0, 0.05) is 24.2 Å². The maximum absolute atomic E-state index is 12.5. The number of hydrogen-bond acceptors (Lipinski definition) is 5. The molecular formula is C19H21N5O. The van der Waals surface area contributed by atoms with Crippen LogP contribution in [0, 0.1) is 0 Å². The largest absolute Gasteiger partial charge is 0.307 e. The Bertz CT molecular complexity index is 911. The number of carbonyl (C=O) groups excluding carboxylic acids is 1. The van der Waals surface area contributed by atoms with Crippen LogP contribution in [0.1, 0.15) is 25.0 Å². The van der Waals surface area contributed by atoms with Gasteiger partial charge in [-0.05, 0) is 43.1 Å². The molecule has 0 radical (unpaired) electrons. The summed E-state index contributed by atoms with van der Waals surface area (Å²) in [4.78, 5) is 12.5. The Labute approximate surface area is 146 Å². The number of piperidine rings is 1. The summed E-state index contributed by atoms with van der Waals surface area (Å²) in [6, 6.07) is 7.99. The fraction of sp³-hybridized carbons (Fsp3) is 0.368. The molecule has 1 saturated heterocycles. The third kappa shape index (κ3) is 3.44. The molecule has 1 fully saturated rings. The van der Waals surface area contributed by atoms with E-state index in [-0.39, 0.29) is 11.8 Å². The van der Waals surface area contributed by atoms with Gasteiger partial charge in [0.05, 0.1) is 29.9 Å². The average molecular weight is 335 g/mol. The summed E-state index contributed by atoms with van der Waals surface area (Å²) < 4.78 is 1.78.